The molecule has 6 aromatic rings. The molecule has 0 fully saturated rings. The molecule has 51 heavy (non-hydrogen) atoms. The Kier molecular flexibility index (Phi) is 11.1. The Morgan fingerprint density at radius 2 is 1.57 bits per heavy atom. The number of thioether (sulfide) groups is 1. The van der Waals surface area contributed by atoms with E-state index in [0.717, 1.165) is 26.2 Å². The number of hydrogen-bond acceptors (Lipinski definition) is 8. The summed E-state index contributed by atoms with van der Waals surface area (Å²) < 4.78 is 11.9. The fraction of sp³-hybridized carbons (Fsp3) is 0.100. The van der Waals surface area contributed by atoms with Crippen molar-refractivity contribution in [1.29, 1.82) is 0 Å². The van der Waals surface area contributed by atoms with Crippen molar-refractivity contribution < 1.29 is 23.9 Å². The number of fused-ring (bicyclic) bond motifs is 1. The number of amides is 3. The van der Waals surface area contributed by atoms with E-state index in [4.69, 9.17) is 9.47 Å². The number of carbonyl (C=O) groups is 3. The summed E-state index contributed by atoms with van der Waals surface area (Å²) in [5, 5.41) is 8.59. The Morgan fingerprint density at radius 3 is 2.31 bits per heavy atom. The highest BCUT2D eigenvalue weighted by molar-refractivity contribution is 8.00. The molecule has 0 radical (unpaired) electrons. The van der Waals surface area contributed by atoms with Crippen LogP contribution in [0.5, 0.6) is 11.5 Å². The van der Waals surface area contributed by atoms with Crippen molar-refractivity contribution in [2.24, 2.45) is 0 Å². The number of carbonyl (C=O) groups excluding carboxylic acids is 3. The minimum Gasteiger partial charge on any atom is -0.497 e. The molecule has 0 aliphatic carbocycles. The first-order chi connectivity index (χ1) is 24.8. The molecule has 0 saturated carbocycles. The molecule has 1 heterocycles. The Balaban J connectivity index is 1.26. The largest absolute Gasteiger partial charge is 0.497 e. The van der Waals surface area contributed by atoms with Gasteiger partial charge in [-0.2, -0.15) is 0 Å². The second-order valence-electron chi connectivity index (χ2n) is 11.4. The standard InChI is InChI=1S/C40H34N4O5S2/c1-25-17-19-32-35(21-25)51-40(43-32)44-39(47)36(26-11-6-4-7-12-26)50-31-16-10-15-29(24-31)41-38(46)33(42-37(45)27-13-8-5-9-14-27)23-28-22-30(48-2)18-20-34(28)49-3/h4-24,36H,1-3H3,(H,41,46)(H,42,45)(H,43,44,47)/b33-23+. The van der Waals surface area contributed by atoms with Crippen LogP contribution >= 0.6 is 23.1 Å². The number of nitrogens with one attached hydrogen (secondary N) is 3. The number of aryl methyl sites for hydroxylation is 1. The molecule has 0 aliphatic rings. The molecule has 256 valence electrons. The van der Waals surface area contributed by atoms with Gasteiger partial charge in [-0.25, -0.2) is 4.98 Å². The molecule has 3 N–H and O–H groups in total. The first-order valence-electron chi connectivity index (χ1n) is 15.9. The lowest BCUT2D eigenvalue weighted by Gasteiger charge is -2.17. The van der Waals surface area contributed by atoms with E-state index in [2.05, 4.69) is 20.9 Å². The molecule has 0 aliphatic heterocycles. The van der Waals surface area contributed by atoms with Gasteiger partial charge in [0, 0.05) is 21.7 Å². The molecule has 1 unspecified atom stereocenters. The van der Waals surface area contributed by atoms with E-state index in [1.54, 1.807) is 73.8 Å². The lowest BCUT2D eigenvalue weighted by molar-refractivity contribution is -0.116. The zero-order chi connectivity index (χ0) is 35.7. The number of nitrogens with zero attached hydrogens (tertiary/aromatic N) is 1. The molecule has 6 rings (SSSR count). The summed E-state index contributed by atoms with van der Waals surface area (Å²) >= 11 is 2.77. The first kappa shape index (κ1) is 34.9. The van der Waals surface area contributed by atoms with Crippen LogP contribution in [0.1, 0.15) is 32.3 Å². The maximum absolute atomic E-state index is 13.9. The van der Waals surface area contributed by atoms with Gasteiger partial charge in [-0.1, -0.05) is 72.0 Å². The van der Waals surface area contributed by atoms with E-state index in [1.807, 2.05) is 61.5 Å². The summed E-state index contributed by atoms with van der Waals surface area (Å²) in [5.74, 6) is -0.203. The Hall–Kier alpha value is -5.91. The highest BCUT2D eigenvalue weighted by atomic mass is 32.2. The number of hydrogen-bond donors (Lipinski definition) is 3. The van der Waals surface area contributed by atoms with E-state index >= 15 is 0 Å². The zero-order valence-electron chi connectivity index (χ0n) is 28.0. The predicted octanol–water partition coefficient (Wildman–Crippen LogP) is 8.50. The summed E-state index contributed by atoms with van der Waals surface area (Å²) in [4.78, 5) is 46.2. The van der Waals surface area contributed by atoms with Gasteiger partial charge in [0.2, 0.25) is 5.91 Å². The van der Waals surface area contributed by atoms with Crippen molar-refractivity contribution >= 4 is 67.9 Å². The van der Waals surface area contributed by atoms with Crippen molar-refractivity contribution in [3.05, 3.63) is 149 Å². The fourth-order valence-corrected chi connectivity index (χ4v) is 7.24. The number of aromatic nitrogens is 1. The summed E-state index contributed by atoms with van der Waals surface area (Å²) in [5.41, 5.74) is 4.13. The van der Waals surface area contributed by atoms with E-state index in [1.165, 1.54) is 36.3 Å². The van der Waals surface area contributed by atoms with Gasteiger partial charge in [0.1, 0.15) is 22.4 Å². The van der Waals surface area contributed by atoms with Gasteiger partial charge >= 0.3 is 0 Å². The van der Waals surface area contributed by atoms with E-state index in [0.29, 0.717) is 33.4 Å². The summed E-state index contributed by atoms with van der Waals surface area (Å²) in [6.45, 7) is 2.02. The second-order valence-corrected chi connectivity index (χ2v) is 13.6. The second kappa shape index (κ2) is 16.2. The molecule has 0 spiro atoms. The van der Waals surface area contributed by atoms with Crippen LogP contribution < -0.4 is 25.4 Å². The number of methoxy groups -OCH3 is 2. The molecule has 1 atom stereocenters. The summed E-state index contributed by atoms with van der Waals surface area (Å²) in [7, 11) is 3.06. The van der Waals surface area contributed by atoms with Crippen LogP contribution in [0.3, 0.4) is 0 Å². The SMILES string of the molecule is COc1ccc(OC)c(/C=C(/NC(=O)c2ccccc2)C(=O)Nc2cccc(SC(C(=O)Nc3nc4ccc(C)cc4s3)c3ccccc3)c2)c1. The molecule has 5 aromatic carbocycles. The Labute approximate surface area is 303 Å². The van der Waals surface area contributed by atoms with E-state index in [9.17, 15) is 14.4 Å². The minimum atomic E-state index is -0.618. The Bertz CT molecular complexity index is 2220. The predicted molar refractivity (Wildman–Crippen MR) is 205 cm³/mol. The van der Waals surface area contributed by atoms with Crippen LogP contribution in [0.25, 0.3) is 16.3 Å². The van der Waals surface area contributed by atoms with E-state index in [-0.39, 0.29) is 11.6 Å². The first-order valence-corrected chi connectivity index (χ1v) is 17.6. The van der Waals surface area contributed by atoms with Gasteiger partial charge in [0.05, 0.1) is 24.4 Å². The lowest BCUT2D eigenvalue weighted by atomic mass is 10.1. The molecule has 11 heteroatoms. The molecular weight excluding hydrogens is 681 g/mol. The van der Waals surface area contributed by atoms with Crippen molar-refractivity contribution in [3.63, 3.8) is 0 Å². The van der Waals surface area contributed by atoms with Gasteiger partial charge in [-0.05, 0) is 84.8 Å². The average Bonchev–Trinajstić information content (AvgIpc) is 3.55. The lowest BCUT2D eigenvalue weighted by Crippen LogP contribution is -2.30. The molecule has 9 nitrogen and oxygen atoms in total. The van der Waals surface area contributed by atoms with Crippen molar-refractivity contribution in [2.45, 2.75) is 17.1 Å². The van der Waals surface area contributed by atoms with Crippen molar-refractivity contribution in [1.82, 2.24) is 10.3 Å². The maximum atomic E-state index is 13.9. The Morgan fingerprint density at radius 1 is 0.804 bits per heavy atom. The summed E-state index contributed by atoms with van der Waals surface area (Å²) in [6.07, 6.45) is 1.54. The average molecular weight is 715 g/mol. The van der Waals surface area contributed by atoms with Gasteiger partial charge in [0.25, 0.3) is 11.8 Å². The number of thiazole rings is 1. The third-order valence-corrected chi connectivity index (χ3v) is 9.91. The van der Waals surface area contributed by atoms with Gasteiger partial charge < -0.3 is 25.4 Å². The molecule has 0 bridgehead atoms. The third-order valence-electron chi connectivity index (χ3n) is 7.73. The molecule has 0 saturated heterocycles. The van der Waals surface area contributed by atoms with Crippen LogP contribution in [0.2, 0.25) is 0 Å². The molecule has 3 amide bonds. The number of benzene rings is 5. The smallest absolute Gasteiger partial charge is 0.272 e. The summed E-state index contributed by atoms with van der Waals surface area (Å²) in [6, 6.07) is 36.5. The molecular formula is C40H34N4O5S2. The fourth-order valence-electron chi connectivity index (χ4n) is 5.19. The van der Waals surface area contributed by atoms with E-state index < -0.39 is 17.1 Å². The van der Waals surface area contributed by atoms with Crippen LogP contribution in [0.4, 0.5) is 10.8 Å². The minimum absolute atomic E-state index is 0.0129. The van der Waals surface area contributed by atoms with Crippen LogP contribution in [-0.4, -0.2) is 36.9 Å². The van der Waals surface area contributed by atoms with Crippen molar-refractivity contribution in [3.8, 4) is 11.5 Å². The van der Waals surface area contributed by atoms with Crippen LogP contribution in [-0.2, 0) is 9.59 Å². The number of anilines is 2. The van der Waals surface area contributed by atoms with Gasteiger partial charge in [0.15, 0.2) is 5.13 Å². The highest BCUT2D eigenvalue weighted by Crippen LogP contribution is 2.38. The van der Waals surface area contributed by atoms with Crippen LogP contribution in [0, 0.1) is 6.92 Å². The monoisotopic (exact) mass is 714 g/mol. The van der Waals surface area contributed by atoms with Crippen LogP contribution in [0.15, 0.2) is 132 Å². The zero-order valence-corrected chi connectivity index (χ0v) is 29.6. The molecule has 1 aromatic heterocycles. The maximum Gasteiger partial charge on any atom is 0.272 e. The number of ether oxygens (including phenoxy) is 2. The van der Waals surface area contributed by atoms with Crippen molar-refractivity contribution in [2.75, 3.05) is 24.9 Å². The normalized spacial score (nSPS) is 11.8. The van der Waals surface area contributed by atoms with Gasteiger partial charge in [-0.15, -0.1) is 11.8 Å². The van der Waals surface area contributed by atoms with Gasteiger partial charge in [-0.3, -0.25) is 14.4 Å². The topological polar surface area (TPSA) is 119 Å². The quantitative estimate of drug-likeness (QED) is 0.0860. The highest BCUT2D eigenvalue weighted by Gasteiger charge is 2.24. The number of rotatable bonds is 12. The third kappa shape index (κ3) is 8.82.